The molecule has 1 rings (SSSR count). The van der Waals surface area contributed by atoms with Crippen LogP contribution in [0.25, 0.3) is 0 Å². The number of amides is 1. The van der Waals surface area contributed by atoms with Crippen molar-refractivity contribution >= 4 is 5.91 Å². The van der Waals surface area contributed by atoms with Crippen LogP contribution in [0, 0.1) is 13.8 Å². The van der Waals surface area contributed by atoms with Crippen LogP contribution in [0.4, 0.5) is 0 Å². The normalized spacial score (nSPS) is 10.6. The number of rotatable bonds is 10. The fourth-order valence-electron chi connectivity index (χ4n) is 2.21. The van der Waals surface area contributed by atoms with E-state index in [1.807, 2.05) is 0 Å². The minimum absolute atomic E-state index is 0.128. The molecule has 0 aliphatic heterocycles. The van der Waals surface area contributed by atoms with Crippen LogP contribution in [-0.2, 0) is 16.0 Å². The number of unbranched alkanes of at least 4 members (excludes halogenated alkanes) is 1. The second-order valence-corrected chi connectivity index (χ2v) is 5.60. The van der Waals surface area contributed by atoms with Crippen LogP contribution in [0.15, 0.2) is 18.2 Å². The zero-order valence-corrected chi connectivity index (χ0v) is 13.7. The van der Waals surface area contributed by atoms with Crippen LogP contribution in [0.2, 0.25) is 0 Å². The molecule has 0 bridgehead atoms. The van der Waals surface area contributed by atoms with Gasteiger partial charge in [-0.3, -0.25) is 4.79 Å². The van der Waals surface area contributed by atoms with E-state index < -0.39 is 0 Å². The van der Waals surface area contributed by atoms with Crippen molar-refractivity contribution in [3.05, 3.63) is 34.9 Å². The van der Waals surface area contributed by atoms with Gasteiger partial charge in [0.25, 0.3) is 0 Å². The van der Waals surface area contributed by atoms with Gasteiger partial charge in [-0.05, 0) is 44.2 Å². The highest BCUT2D eigenvalue weighted by Gasteiger charge is 2.04. The Balaban J connectivity index is 2.11. The molecule has 0 spiro atoms. The maximum atomic E-state index is 11.8. The second kappa shape index (κ2) is 10.4. The van der Waals surface area contributed by atoms with Crippen molar-refractivity contribution in [3.63, 3.8) is 0 Å². The number of aryl methyl sites for hydroxylation is 3. The third kappa shape index (κ3) is 7.86. The molecule has 0 heterocycles. The average Bonchev–Trinajstić information content (AvgIpc) is 2.45. The van der Waals surface area contributed by atoms with Crippen molar-refractivity contribution in [2.75, 3.05) is 19.8 Å². The van der Waals surface area contributed by atoms with Crippen LogP contribution < -0.4 is 5.32 Å². The Labute approximate surface area is 129 Å². The molecule has 1 amide bonds. The van der Waals surface area contributed by atoms with Gasteiger partial charge in [0.15, 0.2) is 0 Å². The van der Waals surface area contributed by atoms with Crippen molar-refractivity contribution < 1.29 is 9.53 Å². The van der Waals surface area contributed by atoms with E-state index in [9.17, 15) is 4.79 Å². The van der Waals surface area contributed by atoms with E-state index in [1.54, 1.807) is 0 Å². The summed E-state index contributed by atoms with van der Waals surface area (Å²) in [5.41, 5.74) is 3.80. The Morgan fingerprint density at radius 1 is 1.19 bits per heavy atom. The number of benzene rings is 1. The first kappa shape index (κ1) is 17.7. The van der Waals surface area contributed by atoms with Crippen LogP contribution in [-0.4, -0.2) is 25.7 Å². The predicted molar refractivity (Wildman–Crippen MR) is 87.6 cm³/mol. The lowest BCUT2D eigenvalue weighted by atomic mass is 10.0. The summed E-state index contributed by atoms with van der Waals surface area (Å²) in [6.45, 7) is 8.62. The summed E-state index contributed by atoms with van der Waals surface area (Å²) in [5, 5.41) is 2.96. The molecule has 0 atom stereocenters. The van der Waals surface area contributed by atoms with Gasteiger partial charge in [0.2, 0.25) is 5.91 Å². The molecular formula is C18H29NO2. The molecule has 0 saturated carbocycles. The van der Waals surface area contributed by atoms with Crippen molar-refractivity contribution in [2.45, 2.75) is 52.9 Å². The predicted octanol–water partition coefficient (Wildman–Crippen LogP) is 3.56. The lowest BCUT2D eigenvalue weighted by Crippen LogP contribution is -2.25. The maximum absolute atomic E-state index is 11.8. The number of hydrogen-bond acceptors (Lipinski definition) is 2. The molecule has 0 aromatic heterocycles. The highest BCUT2D eigenvalue weighted by atomic mass is 16.5. The van der Waals surface area contributed by atoms with Crippen LogP contribution >= 0.6 is 0 Å². The number of ether oxygens (including phenoxy) is 1. The summed E-state index contributed by atoms with van der Waals surface area (Å²) in [6.07, 6.45) is 4.53. The molecule has 0 aliphatic carbocycles. The summed E-state index contributed by atoms with van der Waals surface area (Å²) >= 11 is 0. The highest BCUT2D eigenvalue weighted by Crippen LogP contribution is 2.12. The van der Waals surface area contributed by atoms with Crippen molar-refractivity contribution in [3.8, 4) is 0 Å². The van der Waals surface area contributed by atoms with E-state index in [0.717, 1.165) is 38.9 Å². The quantitative estimate of drug-likeness (QED) is 0.669. The third-order valence-electron chi connectivity index (χ3n) is 3.55. The molecule has 21 heavy (non-hydrogen) atoms. The molecule has 3 nitrogen and oxygen atoms in total. The molecule has 0 radical (unpaired) electrons. The van der Waals surface area contributed by atoms with Crippen molar-refractivity contribution in [2.24, 2.45) is 0 Å². The summed E-state index contributed by atoms with van der Waals surface area (Å²) in [5.74, 6) is 0.128. The van der Waals surface area contributed by atoms with Gasteiger partial charge in [-0.2, -0.15) is 0 Å². The Kier molecular flexibility index (Phi) is 8.76. The molecule has 0 saturated heterocycles. The zero-order chi connectivity index (χ0) is 15.5. The van der Waals surface area contributed by atoms with Crippen LogP contribution in [0.3, 0.4) is 0 Å². The number of nitrogens with one attached hydrogen (secondary N) is 1. The number of carbonyl (C=O) groups is 1. The van der Waals surface area contributed by atoms with Crippen LogP contribution in [0.5, 0.6) is 0 Å². The first-order chi connectivity index (χ1) is 10.1. The first-order valence-electron chi connectivity index (χ1n) is 8.04. The molecule has 1 N–H and O–H groups in total. The average molecular weight is 291 g/mol. The standard InChI is InChI=1S/C18H29NO2/c1-4-5-12-21-13-6-11-19-18(20)10-9-17-8-7-15(2)14-16(17)3/h7-8,14H,4-6,9-13H2,1-3H3,(H,19,20). The van der Waals surface area contributed by atoms with Gasteiger partial charge in [-0.25, -0.2) is 0 Å². The smallest absolute Gasteiger partial charge is 0.220 e. The molecule has 0 unspecified atom stereocenters. The van der Waals surface area contributed by atoms with Crippen molar-refractivity contribution in [1.29, 1.82) is 0 Å². The minimum atomic E-state index is 0.128. The second-order valence-electron chi connectivity index (χ2n) is 5.60. The Hall–Kier alpha value is -1.35. The van der Waals surface area contributed by atoms with Gasteiger partial charge in [-0.15, -0.1) is 0 Å². The largest absolute Gasteiger partial charge is 0.381 e. The lowest BCUT2D eigenvalue weighted by Gasteiger charge is -2.08. The highest BCUT2D eigenvalue weighted by molar-refractivity contribution is 5.76. The summed E-state index contributed by atoms with van der Waals surface area (Å²) in [4.78, 5) is 11.8. The topological polar surface area (TPSA) is 38.3 Å². The van der Waals surface area contributed by atoms with E-state index in [2.05, 4.69) is 44.3 Å². The summed E-state index contributed by atoms with van der Waals surface area (Å²) < 4.78 is 5.46. The Morgan fingerprint density at radius 2 is 1.95 bits per heavy atom. The fourth-order valence-corrected chi connectivity index (χ4v) is 2.21. The van der Waals surface area contributed by atoms with E-state index in [1.165, 1.54) is 16.7 Å². The molecule has 118 valence electrons. The molecule has 3 heteroatoms. The molecule has 0 aliphatic rings. The Bertz CT molecular complexity index is 429. The van der Waals surface area contributed by atoms with Gasteiger partial charge < -0.3 is 10.1 Å². The summed E-state index contributed by atoms with van der Waals surface area (Å²) in [7, 11) is 0. The maximum Gasteiger partial charge on any atom is 0.220 e. The minimum Gasteiger partial charge on any atom is -0.381 e. The van der Waals surface area contributed by atoms with Gasteiger partial charge >= 0.3 is 0 Å². The molecule has 1 aromatic carbocycles. The number of carbonyl (C=O) groups excluding carboxylic acids is 1. The first-order valence-corrected chi connectivity index (χ1v) is 8.04. The van der Waals surface area contributed by atoms with Gasteiger partial charge in [0.1, 0.15) is 0 Å². The van der Waals surface area contributed by atoms with Gasteiger partial charge in [0.05, 0.1) is 0 Å². The summed E-state index contributed by atoms with van der Waals surface area (Å²) in [6, 6.07) is 6.40. The number of hydrogen-bond donors (Lipinski definition) is 1. The monoisotopic (exact) mass is 291 g/mol. The van der Waals surface area contributed by atoms with Gasteiger partial charge in [-0.1, -0.05) is 37.1 Å². The van der Waals surface area contributed by atoms with E-state index in [0.29, 0.717) is 13.0 Å². The van der Waals surface area contributed by atoms with E-state index >= 15 is 0 Å². The van der Waals surface area contributed by atoms with Crippen LogP contribution in [0.1, 0.15) is 49.3 Å². The van der Waals surface area contributed by atoms with Crippen molar-refractivity contribution in [1.82, 2.24) is 5.32 Å². The molecular weight excluding hydrogens is 262 g/mol. The van der Waals surface area contributed by atoms with E-state index in [-0.39, 0.29) is 5.91 Å². The fraction of sp³-hybridized carbons (Fsp3) is 0.611. The third-order valence-corrected chi connectivity index (χ3v) is 3.55. The Morgan fingerprint density at radius 3 is 2.67 bits per heavy atom. The molecule has 0 fully saturated rings. The van der Waals surface area contributed by atoms with Gasteiger partial charge in [0, 0.05) is 26.2 Å². The molecule has 1 aromatic rings. The zero-order valence-electron chi connectivity index (χ0n) is 13.7. The lowest BCUT2D eigenvalue weighted by molar-refractivity contribution is -0.121. The SMILES string of the molecule is CCCCOCCCNC(=O)CCc1ccc(C)cc1C. The van der Waals surface area contributed by atoms with E-state index in [4.69, 9.17) is 4.74 Å².